The van der Waals surface area contributed by atoms with Crippen LogP contribution < -0.4 is 0 Å². The molecule has 6 atom stereocenters. The topological polar surface area (TPSA) is 61.9 Å². The molecule has 0 aromatic rings. The number of hydrogen-bond donors (Lipinski definition) is 0. The molecule has 36 heavy (non-hydrogen) atoms. The highest BCUT2D eigenvalue weighted by atomic mass is 28.4. The maximum atomic E-state index is 6.50. The Morgan fingerprint density at radius 3 is 0.889 bits per heavy atom. The van der Waals surface area contributed by atoms with E-state index < -0.39 is 17.6 Å². The lowest BCUT2D eigenvalue weighted by Crippen LogP contribution is -2.61. The molecule has 10 heteroatoms. The molecule has 6 rings (SSSR count). The van der Waals surface area contributed by atoms with Crippen LogP contribution in [0.2, 0.25) is 12.1 Å². The minimum atomic E-state index is -2.63. The monoisotopic (exact) mass is 544 g/mol. The lowest BCUT2D eigenvalue weighted by Gasteiger charge is -2.45. The highest BCUT2D eigenvalue weighted by molar-refractivity contribution is 6.61. The van der Waals surface area contributed by atoms with Crippen molar-refractivity contribution in [2.45, 2.75) is 129 Å². The zero-order valence-electron chi connectivity index (χ0n) is 23.7. The van der Waals surface area contributed by atoms with Crippen molar-refractivity contribution in [3.63, 3.8) is 0 Å². The van der Waals surface area contributed by atoms with Crippen molar-refractivity contribution in [2.75, 3.05) is 39.3 Å². The van der Waals surface area contributed by atoms with E-state index >= 15 is 0 Å². The number of nitrogens with zero attached hydrogens (tertiary/aromatic N) is 2. The van der Waals surface area contributed by atoms with Crippen LogP contribution in [0.1, 0.15) is 80.1 Å². The summed E-state index contributed by atoms with van der Waals surface area (Å²) in [5, 5.41) is 0. The van der Waals surface area contributed by atoms with E-state index in [0.717, 1.165) is 64.2 Å². The minimum Gasteiger partial charge on any atom is -0.369 e. The Hall–Kier alpha value is 0.114. The van der Waals surface area contributed by atoms with Crippen LogP contribution in [0.15, 0.2) is 0 Å². The van der Waals surface area contributed by atoms with Crippen molar-refractivity contribution >= 4 is 17.6 Å². The molecule has 4 bridgehead atoms. The predicted molar refractivity (Wildman–Crippen MR) is 145 cm³/mol. The van der Waals surface area contributed by atoms with Gasteiger partial charge in [-0.15, -0.1) is 0 Å². The first-order valence-corrected chi connectivity index (χ1v) is 18.5. The van der Waals surface area contributed by atoms with E-state index in [-0.39, 0.29) is 36.6 Å². The highest BCUT2D eigenvalue weighted by Gasteiger charge is 2.49. The van der Waals surface area contributed by atoms with Gasteiger partial charge in [-0.2, -0.15) is 0 Å². The SMILES string of the molecule is CC1CN2CC(C)O[Si](CCCCCCCC[Si]34OC(C)CN(CC(C)O3)CC(C)O4)(O1)OC(C)C2. The number of rotatable bonds is 9. The van der Waals surface area contributed by atoms with Crippen molar-refractivity contribution < 1.29 is 26.6 Å². The van der Waals surface area contributed by atoms with Crippen LogP contribution >= 0.6 is 0 Å². The Bertz CT molecular complexity index is 563. The first-order chi connectivity index (χ1) is 17.1. The molecular formula is C26H52N2O6Si2. The standard InChI is InChI=1S/C26H52N2O6Si2/c1-21-15-27-16-22(2)30-35(29-21,31-23(3)17-27)13-11-9-7-8-10-12-14-36-32-24(4)18-28(19-25(5)33-36)20-26(6)34-36/h21-26H,7-20H2,1-6H3. The van der Waals surface area contributed by atoms with Gasteiger partial charge in [0.15, 0.2) is 0 Å². The van der Waals surface area contributed by atoms with E-state index in [1.165, 1.54) is 25.7 Å². The van der Waals surface area contributed by atoms with Gasteiger partial charge in [-0.05, 0) is 54.4 Å². The first kappa shape index (κ1) is 29.1. The summed E-state index contributed by atoms with van der Waals surface area (Å²) in [5.74, 6) is 0. The molecule has 0 aromatic heterocycles. The third-order valence-electron chi connectivity index (χ3n) is 7.59. The zero-order valence-corrected chi connectivity index (χ0v) is 25.7. The highest BCUT2D eigenvalue weighted by Crippen LogP contribution is 2.31. The van der Waals surface area contributed by atoms with Gasteiger partial charge in [-0.3, -0.25) is 9.80 Å². The summed E-state index contributed by atoms with van der Waals surface area (Å²) in [6.45, 7) is 18.9. The molecule has 6 aliphatic rings. The van der Waals surface area contributed by atoms with Gasteiger partial charge in [0.25, 0.3) is 0 Å². The van der Waals surface area contributed by atoms with Gasteiger partial charge in [0.05, 0.1) is 36.6 Å². The number of unbranched alkanes of at least 4 members (excludes halogenated alkanes) is 5. The van der Waals surface area contributed by atoms with Crippen LogP contribution in [-0.2, 0) is 26.6 Å². The van der Waals surface area contributed by atoms with Crippen LogP contribution in [0.3, 0.4) is 0 Å². The summed E-state index contributed by atoms with van der Waals surface area (Å²) in [6.07, 6.45) is 8.10. The molecular weight excluding hydrogens is 492 g/mol. The van der Waals surface area contributed by atoms with Gasteiger partial charge in [0.1, 0.15) is 0 Å². The molecule has 210 valence electrons. The second kappa shape index (κ2) is 13.0. The average molecular weight is 545 g/mol. The fourth-order valence-electron chi connectivity index (χ4n) is 6.60. The second-order valence-corrected chi connectivity index (χ2v) is 17.1. The Morgan fingerprint density at radius 1 is 0.417 bits per heavy atom. The van der Waals surface area contributed by atoms with Crippen LogP contribution in [0.5, 0.6) is 0 Å². The molecule has 0 N–H and O–H groups in total. The Labute approximate surface area is 222 Å². The van der Waals surface area contributed by atoms with Crippen LogP contribution in [0.25, 0.3) is 0 Å². The largest absolute Gasteiger partial charge is 0.501 e. The Morgan fingerprint density at radius 2 is 0.639 bits per heavy atom. The van der Waals surface area contributed by atoms with Gasteiger partial charge in [0.2, 0.25) is 0 Å². The van der Waals surface area contributed by atoms with E-state index in [2.05, 4.69) is 51.3 Å². The molecule has 0 radical (unpaired) electrons. The fraction of sp³-hybridized carbons (Fsp3) is 1.00. The van der Waals surface area contributed by atoms with Gasteiger partial charge in [0, 0.05) is 51.4 Å². The van der Waals surface area contributed by atoms with Crippen LogP contribution in [0, 0.1) is 0 Å². The molecule has 6 unspecified atom stereocenters. The maximum Gasteiger partial charge on any atom is 0.501 e. The zero-order chi connectivity index (χ0) is 25.8. The van der Waals surface area contributed by atoms with Gasteiger partial charge in [-0.25, -0.2) is 0 Å². The quantitative estimate of drug-likeness (QED) is 0.315. The lowest BCUT2D eigenvalue weighted by atomic mass is 10.1. The first-order valence-electron chi connectivity index (χ1n) is 14.7. The third-order valence-corrected chi connectivity index (χ3v) is 14.1. The molecule has 0 aliphatic carbocycles. The van der Waals surface area contributed by atoms with E-state index in [1.807, 2.05) is 0 Å². The molecule has 6 heterocycles. The van der Waals surface area contributed by atoms with Gasteiger partial charge < -0.3 is 26.6 Å². The van der Waals surface area contributed by atoms with Gasteiger partial charge in [-0.1, -0.05) is 25.7 Å². The molecule has 0 aromatic carbocycles. The maximum absolute atomic E-state index is 6.50. The third kappa shape index (κ3) is 8.30. The van der Waals surface area contributed by atoms with E-state index in [1.54, 1.807) is 0 Å². The predicted octanol–water partition coefficient (Wildman–Crippen LogP) is 4.29. The van der Waals surface area contributed by atoms with E-state index in [4.69, 9.17) is 26.6 Å². The van der Waals surface area contributed by atoms with Crippen molar-refractivity contribution in [1.29, 1.82) is 0 Å². The molecule has 6 saturated heterocycles. The summed E-state index contributed by atoms with van der Waals surface area (Å²) in [4.78, 5) is 4.84. The molecule has 6 fully saturated rings. The van der Waals surface area contributed by atoms with Crippen LogP contribution in [-0.4, -0.2) is 103 Å². The normalized spacial score (nSPS) is 45.8. The Kier molecular flexibility index (Phi) is 10.5. The van der Waals surface area contributed by atoms with Crippen LogP contribution in [0.4, 0.5) is 0 Å². The number of hydrogen-bond acceptors (Lipinski definition) is 8. The van der Waals surface area contributed by atoms with Crippen molar-refractivity contribution in [1.82, 2.24) is 9.80 Å². The van der Waals surface area contributed by atoms with Crippen molar-refractivity contribution in [2.24, 2.45) is 0 Å². The molecule has 0 saturated carbocycles. The summed E-state index contributed by atoms with van der Waals surface area (Å²) >= 11 is 0. The van der Waals surface area contributed by atoms with E-state index in [9.17, 15) is 0 Å². The summed E-state index contributed by atoms with van der Waals surface area (Å²) < 4.78 is 39.0. The van der Waals surface area contributed by atoms with E-state index in [0.29, 0.717) is 0 Å². The fourth-order valence-corrected chi connectivity index (χ4v) is 13.1. The minimum absolute atomic E-state index is 0.171. The molecule has 8 nitrogen and oxygen atoms in total. The second-order valence-electron chi connectivity index (χ2n) is 12.0. The van der Waals surface area contributed by atoms with Crippen molar-refractivity contribution in [3.8, 4) is 0 Å². The summed E-state index contributed by atoms with van der Waals surface area (Å²) in [5.41, 5.74) is 0. The summed E-state index contributed by atoms with van der Waals surface area (Å²) in [7, 11) is -5.27. The molecule has 0 spiro atoms. The molecule has 0 amide bonds. The molecule has 6 aliphatic heterocycles. The lowest BCUT2D eigenvalue weighted by molar-refractivity contribution is -0.0800. The summed E-state index contributed by atoms with van der Waals surface area (Å²) in [6, 6.07) is 1.87. The average Bonchev–Trinajstić information content (AvgIpc) is 2.70. The Balaban J connectivity index is 1.19. The van der Waals surface area contributed by atoms with Crippen molar-refractivity contribution in [3.05, 3.63) is 0 Å². The number of fused-ring (bicyclic) bond motifs is 12. The van der Waals surface area contributed by atoms with Gasteiger partial charge >= 0.3 is 17.6 Å². The smallest absolute Gasteiger partial charge is 0.369 e.